The third-order valence-electron chi connectivity index (χ3n) is 2.48. The fraction of sp³-hybridized carbons (Fsp3) is 0.308. The molecule has 0 saturated heterocycles. The summed E-state index contributed by atoms with van der Waals surface area (Å²) < 4.78 is 10.3. The zero-order valence-corrected chi connectivity index (χ0v) is 9.85. The van der Waals surface area contributed by atoms with Crippen LogP contribution in [0.1, 0.15) is 5.56 Å². The molecule has 2 rings (SSSR count). The molecule has 1 N–H and O–H groups in total. The van der Waals surface area contributed by atoms with Gasteiger partial charge in [0.05, 0.1) is 12.8 Å². The first-order valence-electron chi connectivity index (χ1n) is 5.60. The molecule has 17 heavy (non-hydrogen) atoms. The summed E-state index contributed by atoms with van der Waals surface area (Å²) in [7, 11) is 1.69. The molecule has 0 atom stereocenters. The van der Waals surface area contributed by atoms with Crippen LogP contribution in [0.4, 0.5) is 0 Å². The van der Waals surface area contributed by atoms with Gasteiger partial charge in [0.2, 0.25) is 0 Å². The van der Waals surface area contributed by atoms with Crippen molar-refractivity contribution < 1.29 is 9.26 Å². The van der Waals surface area contributed by atoms with Gasteiger partial charge in [-0.25, -0.2) is 0 Å². The van der Waals surface area contributed by atoms with Gasteiger partial charge in [0.15, 0.2) is 5.76 Å². The number of benzene rings is 1. The number of nitrogens with zero attached hydrogens (tertiary/aromatic N) is 1. The van der Waals surface area contributed by atoms with E-state index in [1.165, 1.54) is 0 Å². The SMILES string of the molecule is COCCNCc1cnoc1-c1ccccc1. The van der Waals surface area contributed by atoms with Crippen LogP contribution in [0, 0.1) is 0 Å². The summed E-state index contributed by atoms with van der Waals surface area (Å²) in [6.45, 7) is 2.25. The normalized spacial score (nSPS) is 10.6. The number of aromatic nitrogens is 1. The summed E-state index contributed by atoms with van der Waals surface area (Å²) in [5.74, 6) is 0.829. The number of ether oxygens (including phenoxy) is 1. The van der Waals surface area contributed by atoms with Crippen LogP contribution in [0.3, 0.4) is 0 Å². The Morgan fingerprint density at radius 3 is 2.88 bits per heavy atom. The van der Waals surface area contributed by atoms with E-state index in [0.717, 1.165) is 30.0 Å². The first kappa shape index (κ1) is 11.8. The average Bonchev–Trinajstić information content (AvgIpc) is 2.84. The highest BCUT2D eigenvalue weighted by atomic mass is 16.5. The molecule has 1 heterocycles. The summed E-state index contributed by atoms with van der Waals surface area (Å²) in [6, 6.07) is 9.98. The Hall–Kier alpha value is -1.65. The molecule has 0 aliphatic rings. The second-order valence-corrected chi connectivity index (χ2v) is 3.72. The molecule has 2 aromatic rings. The Bertz CT molecular complexity index is 440. The van der Waals surface area contributed by atoms with Crippen molar-refractivity contribution in [2.45, 2.75) is 6.54 Å². The molecule has 0 fully saturated rings. The number of rotatable bonds is 6. The van der Waals surface area contributed by atoms with E-state index in [1.54, 1.807) is 13.3 Å². The highest BCUT2D eigenvalue weighted by molar-refractivity contribution is 5.60. The van der Waals surface area contributed by atoms with Gasteiger partial charge in [0, 0.05) is 31.3 Å². The maximum Gasteiger partial charge on any atom is 0.171 e. The molecule has 0 aliphatic carbocycles. The molecular formula is C13H16N2O2. The largest absolute Gasteiger partial charge is 0.383 e. The third kappa shape index (κ3) is 3.15. The highest BCUT2D eigenvalue weighted by Crippen LogP contribution is 2.22. The van der Waals surface area contributed by atoms with E-state index < -0.39 is 0 Å². The standard InChI is InChI=1S/C13H16N2O2/c1-16-8-7-14-9-12-10-15-17-13(12)11-5-3-2-4-6-11/h2-6,10,14H,7-9H2,1H3. The third-order valence-corrected chi connectivity index (χ3v) is 2.48. The van der Waals surface area contributed by atoms with Crippen LogP contribution in [-0.2, 0) is 11.3 Å². The minimum absolute atomic E-state index is 0.700. The van der Waals surface area contributed by atoms with Crippen molar-refractivity contribution in [3.8, 4) is 11.3 Å². The predicted molar refractivity (Wildman–Crippen MR) is 65.5 cm³/mol. The molecule has 0 amide bonds. The summed E-state index contributed by atoms with van der Waals surface area (Å²) >= 11 is 0. The number of methoxy groups -OCH3 is 1. The van der Waals surface area contributed by atoms with Crippen LogP contribution >= 0.6 is 0 Å². The Morgan fingerprint density at radius 2 is 2.12 bits per heavy atom. The van der Waals surface area contributed by atoms with Gasteiger partial charge in [-0.15, -0.1) is 0 Å². The molecule has 1 aromatic heterocycles. The number of hydrogen-bond acceptors (Lipinski definition) is 4. The van der Waals surface area contributed by atoms with Crippen LogP contribution in [-0.4, -0.2) is 25.4 Å². The quantitative estimate of drug-likeness (QED) is 0.775. The van der Waals surface area contributed by atoms with E-state index in [-0.39, 0.29) is 0 Å². The maximum absolute atomic E-state index is 5.29. The van der Waals surface area contributed by atoms with E-state index in [4.69, 9.17) is 9.26 Å². The van der Waals surface area contributed by atoms with Crippen molar-refractivity contribution >= 4 is 0 Å². The molecule has 0 bridgehead atoms. The van der Waals surface area contributed by atoms with Crippen LogP contribution in [0.2, 0.25) is 0 Å². The fourth-order valence-corrected chi connectivity index (χ4v) is 1.61. The van der Waals surface area contributed by atoms with Crippen LogP contribution in [0.15, 0.2) is 41.1 Å². The van der Waals surface area contributed by atoms with Crippen molar-refractivity contribution in [3.05, 3.63) is 42.1 Å². The molecule has 4 heteroatoms. The second-order valence-electron chi connectivity index (χ2n) is 3.72. The van der Waals surface area contributed by atoms with Gasteiger partial charge in [-0.1, -0.05) is 35.5 Å². The topological polar surface area (TPSA) is 47.3 Å². The summed E-state index contributed by atoms with van der Waals surface area (Å²) in [5.41, 5.74) is 2.11. The maximum atomic E-state index is 5.29. The molecule has 0 radical (unpaired) electrons. The van der Waals surface area contributed by atoms with E-state index in [1.807, 2.05) is 30.3 Å². The molecule has 0 spiro atoms. The fourth-order valence-electron chi connectivity index (χ4n) is 1.61. The smallest absolute Gasteiger partial charge is 0.171 e. The summed E-state index contributed by atoms with van der Waals surface area (Å²) in [6.07, 6.45) is 1.75. The lowest BCUT2D eigenvalue weighted by molar-refractivity contribution is 0.199. The molecule has 0 saturated carbocycles. The predicted octanol–water partition coefficient (Wildman–Crippen LogP) is 2.08. The average molecular weight is 232 g/mol. The van der Waals surface area contributed by atoms with Crippen LogP contribution < -0.4 is 5.32 Å². The molecule has 0 unspecified atom stereocenters. The minimum atomic E-state index is 0.700. The van der Waals surface area contributed by atoms with Crippen molar-refractivity contribution in [3.63, 3.8) is 0 Å². The first-order chi connectivity index (χ1) is 8.42. The van der Waals surface area contributed by atoms with Gasteiger partial charge < -0.3 is 14.6 Å². The monoisotopic (exact) mass is 232 g/mol. The van der Waals surface area contributed by atoms with E-state index in [0.29, 0.717) is 6.61 Å². The number of nitrogens with one attached hydrogen (secondary N) is 1. The van der Waals surface area contributed by atoms with E-state index >= 15 is 0 Å². The Balaban J connectivity index is 2.02. The molecule has 4 nitrogen and oxygen atoms in total. The van der Waals surface area contributed by atoms with Crippen molar-refractivity contribution in [1.82, 2.24) is 10.5 Å². The molecule has 90 valence electrons. The Kier molecular flexibility index (Phi) is 4.30. The van der Waals surface area contributed by atoms with Crippen LogP contribution in [0.25, 0.3) is 11.3 Å². The van der Waals surface area contributed by atoms with E-state index in [9.17, 15) is 0 Å². The minimum Gasteiger partial charge on any atom is -0.383 e. The Labute approximate surface area is 101 Å². The van der Waals surface area contributed by atoms with Gasteiger partial charge >= 0.3 is 0 Å². The zero-order chi connectivity index (χ0) is 11.9. The van der Waals surface area contributed by atoms with Gasteiger partial charge in [0.1, 0.15) is 0 Å². The zero-order valence-electron chi connectivity index (χ0n) is 9.85. The second kappa shape index (κ2) is 6.18. The first-order valence-corrected chi connectivity index (χ1v) is 5.60. The van der Waals surface area contributed by atoms with Crippen molar-refractivity contribution in [2.75, 3.05) is 20.3 Å². The lowest BCUT2D eigenvalue weighted by Gasteiger charge is -2.03. The van der Waals surface area contributed by atoms with Crippen molar-refractivity contribution in [2.24, 2.45) is 0 Å². The van der Waals surface area contributed by atoms with Gasteiger partial charge in [-0.2, -0.15) is 0 Å². The van der Waals surface area contributed by atoms with Crippen LogP contribution in [0.5, 0.6) is 0 Å². The summed E-state index contributed by atoms with van der Waals surface area (Å²) in [4.78, 5) is 0. The Morgan fingerprint density at radius 1 is 1.29 bits per heavy atom. The van der Waals surface area contributed by atoms with Crippen molar-refractivity contribution in [1.29, 1.82) is 0 Å². The number of hydrogen-bond donors (Lipinski definition) is 1. The van der Waals surface area contributed by atoms with Gasteiger partial charge in [-0.3, -0.25) is 0 Å². The molecule has 1 aromatic carbocycles. The summed E-state index contributed by atoms with van der Waals surface area (Å²) in [5, 5.41) is 7.13. The molecular weight excluding hydrogens is 216 g/mol. The lowest BCUT2D eigenvalue weighted by atomic mass is 10.1. The van der Waals surface area contributed by atoms with Gasteiger partial charge in [-0.05, 0) is 0 Å². The molecule has 0 aliphatic heterocycles. The van der Waals surface area contributed by atoms with Gasteiger partial charge in [0.25, 0.3) is 0 Å². The highest BCUT2D eigenvalue weighted by Gasteiger charge is 2.09. The lowest BCUT2D eigenvalue weighted by Crippen LogP contribution is -2.18. The van der Waals surface area contributed by atoms with E-state index in [2.05, 4.69) is 10.5 Å².